The average Bonchev–Trinajstić information content (AvgIpc) is 2.48. The molecule has 1 heterocycles. The van der Waals surface area contributed by atoms with E-state index in [1.54, 1.807) is 38.1 Å². The van der Waals surface area contributed by atoms with E-state index in [2.05, 4.69) is 10.6 Å². The summed E-state index contributed by atoms with van der Waals surface area (Å²) < 4.78 is 10.3. The van der Waals surface area contributed by atoms with Gasteiger partial charge in [-0.15, -0.1) is 0 Å². The van der Waals surface area contributed by atoms with Crippen LogP contribution in [0, 0.1) is 0 Å². The molecule has 1 aromatic carbocycles. The first-order valence-electron chi connectivity index (χ1n) is 6.99. The fraction of sp³-hybridized carbons (Fsp3) is 0.467. The van der Waals surface area contributed by atoms with Gasteiger partial charge in [-0.05, 0) is 38.1 Å². The molecular weight excluding hydrogens is 272 g/mol. The minimum atomic E-state index is -0.370. The number of carbonyl (C=O) groups excluding carboxylic acids is 2. The minimum absolute atomic E-state index is 0.146. The van der Waals surface area contributed by atoms with Gasteiger partial charge in [0.1, 0.15) is 6.04 Å². The summed E-state index contributed by atoms with van der Waals surface area (Å²) in [5, 5.41) is 5.86. The quantitative estimate of drug-likeness (QED) is 0.815. The first-order valence-corrected chi connectivity index (χ1v) is 6.99. The van der Waals surface area contributed by atoms with Gasteiger partial charge in [0.05, 0.1) is 24.9 Å². The Labute approximate surface area is 123 Å². The van der Waals surface area contributed by atoms with E-state index in [-0.39, 0.29) is 24.0 Å². The van der Waals surface area contributed by atoms with Gasteiger partial charge < -0.3 is 20.1 Å². The number of morpholine rings is 1. The lowest BCUT2D eigenvalue weighted by Gasteiger charge is -2.22. The monoisotopic (exact) mass is 292 g/mol. The molecule has 1 aliphatic rings. The molecule has 1 amide bonds. The standard InChI is InChI=1S/C15H20N2O4/c1-10(2)21-15(19)11-3-5-12(6-4-11)17-14(18)13-9-20-8-7-16-13/h3-6,10,13,16H,7-9H2,1-2H3,(H,17,18). The fourth-order valence-electron chi connectivity index (χ4n) is 1.93. The van der Waals surface area contributed by atoms with E-state index in [1.165, 1.54) is 0 Å². The summed E-state index contributed by atoms with van der Waals surface area (Å²) in [6.07, 6.45) is -0.158. The Bertz CT molecular complexity index is 493. The predicted molar refractivity (Wildman–Crippen MR) is 78.2 cm³/mol. The molecule has 2 rings (SSSR count). The largest absolute Gasteiger partial charge is 0.459 e. The zero-order chi connectivity index (χ0) is 15.2. The first-order chi connectivity index (χ1) is 10.1. The van der Waals surface area contributed by atoms with Crippen LogP contribution in [0.2, 0.25) is 0 Å². The molecule has 0 saturated carbocycles. The van der Waals surface area contributed by atoms with Crippen LogP contribution in [-0.4, -0.2) is 43.8 Å². The third kappa shape index (κ3) is 4.54. The lowest BCUT2D eigenvalue weighted by molar-refractivity contribution is -0.120. The molecule has 1 saturated heterocycles. The second kappa shape index (κ2) is 7.19. The van der Waals surface area contributed by atoms with E-state index in [1.807, 2.05) is 0 Å². The van der Waals surface area contributed by atoms with Crippen molar-refractivity contribution in [1.29, 1.82) is 0 Å². The van der Waals surface area contributed by atoms with Crippen molar-refractivity contribution in [1.82, 2.24) is 5.32 Å². The van der Waals surface area contributed by atoms with Crippen LogP contribution in [0.1, 0.15) is 24.2 Å². The molecule has 1 aromatic rings. The molecule has 114 valence electrons. The van der Waals surface area contributed by atoms with Gasteiger partial charge >= 0.3 is 5.97 Å². The van der Waals surface area contributed by atoms with Crippen molar-refractivity contribution in [2.45, 2.75) is 26.0 Å². The number of carbonyl (C=O) groups is 2. The van der Waals surface area contributed by atoms with Crippen molar-refractivity contribution in [2.24, 2.45) is 0 Å². The maximum Gasteiger partial charge on any atom is 0.338 e. The number of ether oxygens (including phenoxy) is 2. The lowest BCUT2D eigenvalue weighted by atomic mass is 10.2. The third-order valence-electron chi connectivity index (χ3n) is 2.97. The number of hydrogen-bond donors (Lipinski definition) is 2. The van der Waals surface area contributed by atoms with Crippen molar-refractivity contribution in [2.75, 3.05) is 25.1 Å². The van der Waals surface area contributed by atoms with Gasteiger partial charge in [-0.2, -0.15) is 0 Å². The number of esters is 1. The molecule has 6 heteroatoms. The van der Waals surface area contributed by atoms with E-state index < -0.39 is 0 Å². The van der Waals surface area contributed by atoms with Gasteiger partial charge in [-0.25, -0.2) is 4.79 Å². The zero-order valence-electron chi connectivity index (χ0n) is 12.2. The van der Waals surface area contributed by atoms with E-state index in [9.17, 15) is 9.59 Å². The zero-order valence-corrected chi connectivity index (χ0v) is 12.2. The molecule has 1 fully saturated rings. The summed E-state index contributed by atoms with van der Waals surface area (Å²) >= 11 is 0. The predicted octanol–water partition coefficient (Wildman–Crippen LogP) is 1.18. The summed E-state index contributed by atoms with van der Waals surface area (Å²) in [5.74, 6) is -0.516. The molecule has 1 unspecified atom stereocenters. The minimum Gasteiger partial charge on any atom is -0.459 e. The van der Waals surface area contributed by atoms with Crippen LogP contribution in [0.3, 0.4) is 0 Å². The SMILES string of the molecule is CC(C)OC(=O)c1ccc(NC(=O)C2COCCN2)cc1. The van der Waals surface area contributed by atoms with Crippen LogP contribution in [-0.2, 0) is 14.3 Å². The van der Waals surface area contributed by atoms with Crippen molar-refractivity contribution in [3.63, 3.8) is 0 Å². The topological polar surface area (TPSA) is 76.7 Å². The van der Waals surface area contributed by atoms with Crippen molar-refractivity contribution >= 4 is 17.6 Å². The molecule has 0 bridgehead atoms. The van der Waals surface area contributed by atoms with Crippen LogP contribution in [0.5, 0.6) is 0 Å². The molecular formula is C15H20N2O4. The number of rotatable bonds is 4. The van der Waals surface area contributed by atoms with Crippen molar-refractivity contribution in [3.05, 3.63) is 29.8 Å². The highest BCUT2D eigenvalue weighted by Gasteiger charge is 2.21. The smallest absolute Gasteiger partial charge is 0.338 e. The number of amides is 1. The molecule has 0 aliphatic carbocycles. The normalized spacial score (nSPS) is 18.3. The Morgan fingerprint density at radius 2 is 2.05 bits per heavy atom. The average molecular weight is 292 g/mol. The summed E-state index contributed by atoms with van der Waals surface area (Å²) in [6, 6.07) is 6.28. The molecule has 6 nitrogen and oxygen atoms in total. The Balaban J connectivity index is 1.92. The van der Waals surface area contributed by atoms with Gasteiger partial charge in [-0.1, -0.05) is 0 Å². The highest BCUT2D eigenvalue weighted by molar-refractivity contribution is 5.96. The van der Waals surface area contributed by atoms with Gasteiger partial charge in [0, 0.05) is 12.2 Å². The van der Waals surface area contributed by atoms with Gasteiger partial charge in [0.15, 0.2) is 0 Å². The van der Waals surface area contributed by atoms with E-state index in [0.29, 0.717) is 31.0 Å². The van der Waals surface area contributed by atoms with E-state index in [4.69, 9.17) is 9.47 Å². The Kier molecular flexibility index (Phi) is 5.30. The number of nitrogens with one attached hydrogen (secondary N) is 2. The van der Waals surface area contributed by atoms with E-state index >= 15 is 0 Å². The first kappa shape index (κ1) is 15.5. The molecule has 0 spiro atoms. The van der Waals surface area contributed by atoms with E-state index in [0.717, 1.165) is 0 Å². The molecule has 21 heavy (non-hydrogen) atoms. The molecule has 0 radical (unpaired) electrons. The highest BCUT2D eigenvalue weighted by Crippen LogP contribution is 2.12. The van der Waals surface area contributed by atoms with Crippen LogP contribution < -0.4 is 10.6 Å². The summed E-state index contributed by atoms with van der Waals surface area (Å²) in [6.45, 7) is 5.25. The van der Waals surface area contributed by atoms with Crippen molar-refractivity contribution in [3.8, 4) is 0 Å². The second-order valence-electron chi connectivity index (χ2n) is 5.10. The molecule has 1 atom stereocenters. The lowest BCUT2D eigenvalue weighted by Crippen LogP contribution is -2.48. The summed E-state index contributed by atoms with van der Waals surface area (Å²) in [5.41, 5.74) is 1.09. The summed E-state index contributed by atoms with van der Waals surface area (Å²) in [4.78, 5) is 23.7. The Morgan fingerprint density at radius 3 is 2.62 bits per heavy atom. The van der Waals surface area contributed by atoms with Crippen LogP contribution in [0.25, 0.3) is 0 Å². The Hall–Kier alpha value is -1.92. The van der Waals surface area contributed by atoms with Crippen LogP contribution in [0.15, 0.2) is 24.3 Å². The third-order valence-corrected chi connectivity index (χ3v) is 2.97. The second-order valence-corrected chi connectivity index (χ2v) is 5.10. The summed E-state index contributed by atoms with van der Waals surface area (Å²) in [7, 11) is 0. The Morgan fingerprint density at radius 1 is 1.33 bits per heavy atom. The molecule has 1 aliphatic heterocycles. The molecule has 0 aromatic heterocycles. The number of benzene rings is 1. The van der Waals surface area contributed by atoms with Gasteiger partial charge in [-0.3, -0.25) is 4.79 Å². The maximum absolute atomic E-state index is 12.0. The van der Waals surface area contributed by atoms with Crippen molar-refractivity contribution < 1.29 is 19.1 Å². The number of hydrogen-bond acceptors (Lipinski definition) is 5. The van der Waals surface area contributed by atoms with Gasteiger partial charge in [0.2, 0.25) is 5.91 Å². The van der Waals surface area contributed by atoms with Crippen LogP contribution in [0.4, 0.5) is 5.69 Å². The molecule has 2 N–H and O–H groups in total. The van der Waals surface area contributed by atoms with Gasteiger partial charge in [0.25, 0.3) is 0 Å². The number of anilines is 1. The maximum atomic E-state index is 12.0. The fourth-order valence-corrected chi connectivity index (χ4v) is 1.93. The highest BCUT2D eigenvalue weighted by atomic mass is 16.5. The van der Waals surface area contributed by atoms with Crippen LogP contribution >= 0.6 is 0 Å².